The Morgan fingerprint density at radius 1 is 1.15 bits per heavy atom. The molecule has 10 nitrogen and oxygen atoms in total. The number of aromatic nitrogens is 4. The highest BCUT2D eigenvalue weighted by Crippen LogP contribution is 2.35. The summed E-state index contributed by atoms with van der Waals surface area (Å²) in [6, 6.07) is 9.71. The van der Waals surface area contributed by atoms with Crippen molar-refractivity contribution in [1.82, 2.24) is 19.5 Å². The van der Waals surface area contributed by atoms with E-state index < -0.39 is 31.1 Å². The fourth-order valence-corrected chi connectivity index (χ4v) is 3.69. The van der Waals surface area contributed by atoms with Gasteiger partial charge in [0, 0.05) is 13.0 Å². The summed E-state index contributed by atoms with van der Waals surface area (Å²) in [4.78, 5) is 13.3. The first-order valence-corrected chi connectivity index (χ1v) is 11.0. The Kier molecular flexibility index (Phi) is 7.05. The number of nitrogens with zero attached hydrogens (tertiary/aromatic N) is 4. The molecule has 33 heavy (non-hydrogen) atoms. The first-order chi connectivity index (χ1) is 16.0. The van der Waals surface area contributed by atoms with Crippen molar-refractivity contribution in [2.45, 2.75) is 57.3 Å². The van der Waals surface area contributed by atoms with Crippen molar-refractivity contribution < 1.29 is 20.1 Å². The Labute approximate surface area is 191 Å². The Morgan fingerprint density at radius 3 is 2.64 bits per heavy atom. The fraction of sp³-hybridized carbons (Fsp3) is 0.435. The molecular weight excluding hydrogens is 424 g/mol. The number of aliphatic hydroxyl groups excluding tert-OH is 3. The van der Waals surface area contributed by atoms with Crippen LogP contribution in [0.1, 0.15) is 43.8 Å². The highest BCUT2D eigenvalue weighted by atomic mass is 16.6. The number of hydrogen-bond donors (Lipinski definition) is 5. The molecule has 3 aromatic rings. The zero-order valence-corrected chi connectivity index (χ0v) is 18.3. The van der Waals surface area contributed by atoms with Gasteiger partial charge < -0.3 is 31.1 Å². The summed E-state index contributed by atoms with van der Waals surface area (Å²) in [5.74, 6) is 6.69. The predicted octanol–water partition coefficient (Wildman–Crippen LogP) is 1.17. The van der Waals surface area contributed by atoms with Crippen LogP contribution in [0.25, 0.3) is 11.2 Å². The number of rotatable bonds is 7. The molecule has 4 unspecified atom stereocenters. The lowest BCUT2D eigenvalue weighted by molar-refractivity contribution is -0.0501. The third-order valence-corrected chi connectivity index (χ3v) is 5.49. The molecule has 1 fully saturated rings. The number of hydrogen-bond acceptors (Lipinski definition) is 9. The van der Waals surface area contributed by atoms with E-state index in [1.165, 1.54) is 4.57 Å². The number of benzene rings is 1. The van der Waals surface area contributed by atoms with Gasteiger partial charge in [-0.25, -0.2) is 15.0 Å². The van der Waals surface area contributed by atoms with E-state index in [0.717, 1.165) is 24.8 Å². The van der Waals surface area contributed by atoms with Gasteiger partial charge in [0.1, 0.15) is 18.3 Å². The van der Waals surface area contributed by atoms with Crippen LogP contribution in [0, 0.1) is 11.8 Å². The van der Waals surface area contributed by atoms with Gasteiger partial charge in [-0.1, -0.05) is 49.6 Å². The number of unbranched alkanes of at least 4 members (excludes halogenated alkanes) is 2. The summed E-state index contributed by atoms with van der Waals surface area (Å²) >= 11 is 0. The summed E-state index contributed by atoms with van der Waals surface area (Å²) < 4.78 is 7.31. The molecule has 2 aromatic heterocycles. The van der Waals surface area contributed by atoms with Crippen LogP contribution in [-0.4, -0.2) is 59.8 Å². The molecule has 0 saturated carbocycles. The van der Waals surface area contributed by atoms with E-state index in [0.29, 0.717) is 23.7 Å². The molecule has 0 spiro atoms. The monoisotopic (exact) mass is 452 g/mol. The largest absolute Gasteiger partial charge is 0.394 e. The number of fused-ring (bicyclic) bond motifs is 1. The summed E-state index contributed by atoms with van der Waals surface area (Å²) in [6.45, 7) is 2.08. The fourth-order valence-electron chi connectivity index (χ4n) is 3.69. The molecule has 0 amide bonds. The van der Waals surface area contributed by atoms with Gasteiger partial charge in [0.25, 0.3) is 0 Å². The van der Waals surface area contributed by atoms with Crippen molar-refractivity contribution in [3.05, 3.63) is 41.7 Å². The molecule has 3 heterocycles. The van der Waals surface area contributed by atoms with Crippen LogP contribution in [0.4, 0.5) is 11.8 Å². The Hall–Kier alpha value is -3.23. The molecule has 10 heteroatoms. The lowest BCUT2D eigenvalue weighted by Gasteiger charge is -2.19. The maximum absolute atomic E-state index is 10.7. The summed E-state index contributed by atoms with van der Waals surface area (Å²) in [6.07, 6.45) is -1.86. The molecule has 174 valence electrons. The molecular formula is C23H28N6O4. The minimum Gasteiger partial charge on any atom is -0.394 e. The molecule has 0 bridgehead atoms. The lowest BCUT2D eigenvalue weighted by atomic mass is 10.1. The van der Waals surface area contributed by atoms with Gasteiger partial charge >= 0.3 is 0 Å². The zero-order valence-electron chi connectivity index (χ0n) is 18.3. The van der Waals surface area contributed by atoms with E-state index in [2.05, 4.69) is 39.0 Å². The number of anilines is 2. The molecule has 4 atom stereocenters. The van der Waals surface area contributed by atoms with Crippen LogP contribution in [0.2, 0.25) is 0 Å². The minimum absolute atomic E-state index is 0.146. The van der Waals surface area contributed by atoms with Crippen molar-refractivity contribution in [2.24, 2.45) is 0 Å². The quantitative estimate of drug-likeness (QED) is 0.263. The first-order valence-electron chi connectivity index (χ1n) is 11.0. The molecule has 1 aliphatic heterocycles. The first kappa shape index (κ1) is 22.9. The van der Waals surface area contributed by atoms with Gasteiger partial charge in [-0.3, -0.25) is 4.57 Å². The van der Waals surface area contributed by atoms with Crippen molar-refractivity contribution in [3.8, 4) is 11.8 Å². The number of nitrogens with one attached hydrogen (secondary N) is 1. The predicted molar refractivity (Wildman–Crippen MR) is 123 cm³/mol. The lowest BCUT2D eigenvalue weighted by Crippen LogP contribution is -2.33. The van der Waals surface area contributed by atoms with Gasteiger partial charge in [0.15, 0.2) is 23.2 Å². The van der Waals surface area contributed by atoms with Crippen LogP contribution < -0.4 is 11.1 Å². The van der Waals surface area contributed by atoms with Crippen LogP contribution >= 0.6 is 0 Å². The SMILES string of the molecule is CCCCC#Cc1nc(N)c2nc(NCc3ccccc3)n(C3OC(CO)C(O)C3O)c2n1. The zero-order chi connectivity index (χ0) is 23.4. The Morgan fingerprint density at radius 2 is 1.94 bits per heavy atom. The Balaban J connectivity index is 1.77. The summed E-state index contributed by atoms with van der Waals surface area (Å²) in [5.41, 5.74) is 7.82. The number of imidazole rings is 1. The average Bonchev–Trinajstić information content (AvgIpc) is 3.33. The third-order valence-electron chi connectivity index (χ3n) is 5.49. The van der Waals surface area contributed by atoms with Crippen LogP contribution in [0.3, 0.4) is 0 Å². The van der Waals surface area contributed by atoms with Gasteiger partial charge in [-0.05, 0) is 17.9 Å². The van der Waals surface area contributed by atoms with Gasteiger partial charge in [-0.15, -0.1) is 0 Å². The topological polar surface area (TPSA) is 152 Å². The minimum atomic E-state index is -1.31. The molecule has 1 saturated heterocycles. The molecule has 6 N–H and O–H groups in total. The van der Waals surface area contributed by atoms with Gasteiger partial charge in [0.05, 0.1) is 6.61 Å². The molecule has 4 rings (SSSR count). The summed E-state index contributed by atoms with van der Waals surface area (Å²) in [7, 11) is 0. The maximum Gasteiger partial charge on any atom is 0.208 e. The second-order valence-electron chi connectivity index (χ2n) is 7.88. The van der Waals surface area contributed by atoms with E-state index in [9.17, 15) is 15.3 Å². The van der Waals surface area contributed by atoms with Crippen LogP contribution in [0.15, 0.2) is 30.3 Å². The normalized spacial score (nSPS) is 22.3. The summed E-state index contributed by atoms with van der Waals surface area (Å²) in [5, 5.41) is 33.7. The molecule has 0 radical (unpaired) electrons. The van der Waals surface area contributed by atoms with E-state index in [4.69, 9.17) is 10.5 Å². The third kappa shape index (κ3) is 4.77. The van der Waals surface area contributed by atoms with E-state index in [-0.39, 0.29) is 11.6 Å². The highest BCUT2D eigenvalue weighted by Gasteiger charge is 2.45. The molecule has 0 aliphatic carbocycles. The molecule has 1 aromatic carbocycles. The Bertz CT molecular complexity index is 1160. The number of nitrogens with two attached hydrogens (primary N) is 1. The highest BCUT2D eigenvalue weighted by molar-refractivity contribution is 5.84. The van der Waals surface area contributed by atoms with Gasteiger partial charge in [-0.2, -0.15) is 0 Å². The van der Waals surface area contributed by atoms with E-state index in [1.54, 1.807) is 0 Å². The number of ether oxygens (including phenoxy) is 1. The average molecular weight is 453 g/mol. The van der Waals surface area contributed by atoms with Crippen molar-refractivity contribution >= 4 is 22.9 Å². The number of aliphatic hydroxyl groups is 3. The van der Waals surface area contributed by atoms with E-state index >= 15 is 0 Å². The van der Waals surface area contributed by atoms with Crippen molar-refractivity contribution in [2.75, 3.05) is 17.7 Å². The maximum atomic E-state index is 10.7. The van der Waals surface area contributed by atoms with Crippen LogP contribution in [0.5, 0.6) is 0 Å². The standard InChI is InChI=1S/C23H28N6O4/c1-2-3-4-8-11-16-26-20(24)17-21(27-16)29(22-19(32)18(31)15(13-30)33-22)23(28-17)25-12-14-9-6-5-7-10-14/h5-7,9-10,15,18-19,22,30-32H,2-4,12-13H2,1H3,(H,25,28)(H2,24,26,27). The van der Waals surface area contributed by atoms with Crippen molar-refractivity contribution in [1.29, 1.82) is 0 Å². The van der Waals surface area contributed by atoms with Crippen LogP contribution in [-0.2, 0) is 11.3 Å². The smallest absolute Gasteiger partial charge is 0.208 e. The van der Waals surface area contributed by atoms with E-state index in [1.807, 2.05) is 30.3 Å². The molecule has 1 aliphatic rings. The number of nitrogen functional groups attached to an aromatic ring is 1. The second-order valence-corrected chi connectivity index (χ2v) is 7.88. The van der Waals surface area contributed by atoms with Gasteiger partial charge in [0.2, 0.25) is 11.8 Å². The van der Waals surface area contributed by atoms with Crippen molar-refractivity contribution in [3.63, 3.8) is 0 Å². The second kappa shape index (κ2) is 10.1.